The summed E-state index contributed by atoms with van der Waals surface area (Å²) in [6, 6.07) is -0.0614. The summed E-state index contributed by atoms with van der Waals surface area (Å²) in [6.07, 6.45) is 3.08. The van der Waals surface area contributed by atoms with Crippen molar-refractivity contribution in [2.75, 3.05) is 31.2 Å². The first-order chi connectivity index (χ1) is 8.58. The van der Waals surface area contributed by atoms with Gasteiger partial charge in [0.15, 0.2) is 0 Å². The Morgan fingerprint density at radius 2 is 2.28 bits per heavy atom. The molecule has 1 saturated heterocycles. The molecule has 1 atom stereocenters. The van der Waals surface area contributed by atoms with Crippen LogP contribution in [0.25, 0.3) is 0 Å². The van der Waals surface area contributed by atoms with Crippen LogP contribution in [0.3, 0.4) is 0 Å². The van der Waals surface area contributed by atoms with Crippen molar-refractivity contribution >= 4 is 17.7 Å². The minimum absolute atomic E-state index is 0.0480. The lowest BCUT2D eigenvalue weighted by Crippen LogP contribution is -2.55. The zero-order chi connectivity index (χ0) is 13.4. The summed E-state index contributed by atoms with van der Waals surface area (Å²) in [4.78, 5) is 12.1. The van der Waals surface area contributed by atoms with Gasteiger partial charge in [0.1, 0.15) is 0 Å². The third kappa shape index (κ3) is 5.16. The van der Waals surface area contributed by atoms with Gasteiger partial charge in [0.2, 0.25) is 5.91 Å². The molecule has 1 aliphatic heterocycles. The second-order valence-corrected chi connectivity index (χ2v) is 6.68. The van der Waals surface area contributed by atoms with Crippen molar-refractivity contribution in [3.63, 3.8) is 0 Å². The normalized spacial score (nSPS) is 22.7. The Labute approximate surface area is 114 Å². The van der Waals surface area contributed by atoms with Crippen LogP contribution >= 0.6 is 11.8 Å². The number of thioether (sulfide) groups is 1. The highest BCUT2D eigenvalue weighted by atomic mass is 32.2. The van der Waals surface area contributed by atoms with Gasteiger partial charge in [-0.2, -0.15) is 11.8 Å². The fourth-order valence-corrected chi connectivity index (χ4v) is 3.06. The van der Waals surface area contributed by atoms with Gasteiger partial charge in [-0.05, 0) is 37.0 Å². The van der Waals surface area contributed by atoms with Crippen LogP contribution in [0.2, 0.25) is 0 Å². The number of hydrogen-bond acceptors (Lipinski definition) is 4. The fraction of sp³-hybridized carbons (Fsp3) is 0.923. The standard InChI is InChI=1S/C13H26N2O2S/c1-13(2)5-3-6-14-11(13)12(17)15-7-10-18-9-4-8-16/h11,14,16H,3-10H2,1-2H3,(H,15,17). The fourth-order valence-electron chi connectivity index (χ4n) is 2.28. The van der Waals surface area contributed by atoms with Gasteiger partial charge >= 0.3 is 0 Å². The van der Waals surface area contributed by atoms with Crippen LogP contribution in [0.5, 0.6) is 0 Å². The van der Waals surface area contributed by atoms with Crippen LogP contribution in [0.4, 0.5) is 0 Å². The zero-order valence-corrected chi connectivity index (χ0v) is 12.3. The molecule has 1 amide bonds. The molecule has 106 valence electrons. The van der Waals surface area contributed by atoms with Gasteiger partial charge in [-0.1, -0.05) is 13.8 Å². The van der Waals surface area contributed by atoms with E-state index in [2.05, 4.69) is 24.5 Å². The largest absolute Gasteiger partial charge is 0.396 e. The SMILES string of the molecule is CC1(C)CCCNC1C(=O)NCCSCCCO. The predicted molar refractivity (Wildman–Crippen MR) is 76.8 cm³/mol. The maximum Gasteiger partial charge on any atom is 0.237 e. The molecule has 0 aliphatic carbocycles. The van der Waals surface area contributed by atoms with E-state index < -0.39 is 0 Å². The van der Waals surface area contributed by atoms with Gasteiger partial charge in [0, 0.05) is 18.9 Å². The first kappa shape index (κ1) is 15.8. The van der Waals surface area contributed by atoms with Crippen LogP contribution in [0.1, 0.15) is 33.1 Å². The molecule has 1 fully saturated rings. The summed E-state index contributed by atoms with van der Waals surface area (Å²) in [5.74, 6) is 2.00. The van der Waals surface area contributed by atoms with Crippen molar-refractivity contribution in [3.8, 4) is 0 Å². The molecule has 0 aromatic carbocycles. The van der Waals surface area contributed by atoms with Gasteiger partial charge in [-0.25, -0.2) is 0 Å². The summed E-state index contributed by atoms with van der Waals surface area (Å²) in [6.45, 7) is 6.20. The van der Waals surface area contributed by atoms with E-state index in [1.54, 1.807) is 11.8 Å². The summed E-state index contributed by atoms with van der Waals surface area (Å²) in [7, 11) is 0. The maximum atomic E-state index is 12.1. The molecular weight excluding hydrogens is 248 g/mol. The molecule has 0 radical (unpaired) electrons. The van der Waals surface area contributed by atoms with E-state index in [1.165, 1.54) is 0 Å². The Kier molecular flexibility index (Phi) is 7.04. The highest BCUT2D eigenvalue weighted by Crippen LogP contribution is 2.29. The molecule has 0 spiro atoms. The van der Waals surface area contributed by atoms with Crippen LogP contribution in [-0.2, 0) is 4.79 Å². The molecule has 1 rings (SSSR count). The lowest BCUT2D eigenvalue weighted by atomic mass is 9.77. The van der Waals surface area contributed by atoms with E-state index in [9.17, 15) is 4.79 Å². The summed E-state index contributed by atoms with van der Waals surface area (Å²) < 4.78 is 0. The second kappa shape index (κ2) is 8.02. The van der Waals surface area contributed by atoms with Gasteiger partial charge in [0.25, 0.3) is 0 Å². The van der Waals surface area contributed by atoms with Gasteiger partial charge < -0.3 is 15.7 Å². The number of hydrogen-bond donors (Lipinski definition) is 3. The van der Waals surface area contributed by atoms with Crippen LogP contribution < -0.4 is 10.6 Å². The molecule has 0 aromatic heterocycles. The molecule has 3 N–H and O–H groups in total. The number of carbonyl (C=O) groups is 1. The quantitative estimate of drug-likeness (QED) is 0.606. The lowest BCUT2D eigenvalue weighted by molar-refractivity contribution is -0.126. The predicted octanol–water partition coefficient (Wildman–Crippen LogP) is 0.996. The van der Waals surface area contributed by atoms with Gasteiger partial charge in [-0.3, -0.25) is 4.79 Å². The summed E-state index contributed by atoms with van der Waals surface area (Å²) in [5.41, 5.74) is 0.0480. The van der Waals surface area contributed by atoms with Crippen molar-refractivity contribution in [2.24, 2.45) is 5.41 Å². The first-order valence-corrected chi connectivity index (χ1v) is 7.93. The number of rotatable bonds is 7. The van der Waals surface area contributed by atoms with Gasteiger partial charge in [-0.15, -0.1) is 0 Å². The van der Waals surface area contributed by atoms with Crippen molar-refractivity contribution in [1.29, 1.82) is 0 Å². The van der Waals surface area contributed by atoms with Crippen LogP contribution in [0.15, 0.2) is 0 Å². The number of piperidine rings is 1. The van der Waals surface area contributed by atoms with Crippen molar-refractivity contribution in [1.82, 2.24) is 10.6 Å². The Morgan fingerprint density at radius 1 is 1.50 bits per heavy atom. The minimum Gasteiger partial charge on any atom is -0.396 e. The summed E-state index contributed by atoms with van der Waals surface area (Å²) >= 11 is 1.77. The van der Waals surface area contributed by atoms with E-state index in [-0.39, 0.29) is 24.0 Å². The van der Waals surface area contributed by atoms with E-state index in [0.29, 0.717) is 6.54 Å². The third-order valence-corrected chi connectivity index (χ3v) is 4.45. The number of nitrogens with one attached hydrogen (secondary N) is 2. The molecule has 4 nitrogen and oxygen atoms in total. The third-order valence-electron chi connectivity index (χ3n) is 3.38. The first-order valence-electron chi connectivity index (χ1n) is 6.77. The zero-order valence-electron chi connectivity index (χ0n) is 11.5. The Hall–Kier alpha value is -0.260. The minimum atomic E-state index is -0.0614. The van der Waals surface area contributed by atoms with E-state index >= 15 is 0 Å². The smallest absolute Gasteiger partial charge is 0.237 e. The number of carbonyl (C=O) groups excluding carboxylic acids is 1. The van der Waals surface area contributed by atoms with Crippen LogP contribution in [-0.4, -0.2) is 48.3 Å². The Bertz CT molecular complexity index is 259. The molecule has 18 heavy (non-hydrogen) atoms. The number of aliphatic hydroxyl groups is 1. The maximum absolute atomic E-state index is 12.1. The molecule has 1 unspecified atom stereocenters. The monoisotopic (exact) mass is 274 g/mol. The lowest BCUT2D eigenvalue weighted by Gasteiger charge is -2.38. The topological polar surface area (TPSA) is 61.4 Å². The highest BCUT2D eigenvalue weighted by Gasteiger charge is 2.36. The number of amides is 1. The summed E-state index contributed by atoms with van der Waals surface area (Å²) in [5, 5.41) is 15.0. The van der Waals surface area contributed by atoms with Crippen LogP contribution in [0, 0.1) is 5.41 Å². The number of aliphatic hydroxyl groups excluding tert-OH is 1. The van der Waals surface area contributed by atoms with Crippen molar-refractivity contribution < 1.29 is 9.90 Å². The van der Waals surface area contributed by atoms with Gasteiger partial charge in [0.05, 0.1) is 6.04 Å². The Balaban J connectivity index is 2.19. The molecule has 0 bridgehead atoms. The average Bonchev–Trinajstić information content (AvgIpc) is 2.32. The molecule has 5 heteroatoms. The Morgan fingerprint density at radius 3 is 2.94 bits per heavy atom. The molecule has 0 saturated carbocycles. The molecular formula is C13H26N2O2S. The second-order valence-electron chi connectivity index (χ2n) is 5.46. The molecule has 1 aliphatic rings. The van der Waals surface area contributed by atoms with E-state index in [4.69, 9.17) is 5.11 Å². The molecule has 1 heterocycles. The van der Waals surface area contributed by atoms with Crippen molar-refractivity contribution in [2.45, 2.75) is 39.2 Å². The average molecular weight is 274 g/mol. The van der Waals surface area contributed by atoms with E-state index in [1.807, 2.05) is 0 Å². The highest BCUT2D eigenvalue weighted by molar-refractivity contribution is 7.99. The van der Waals surface area contributed by atoms with E-state index in [0.717, 1.165) is 37.3 Å². The molecule has 0 aromatic rings. The van der Waals surface area contributed by atoms with Crippen molar-refractivity contribution in [3.05, 3.63) is 0 Å².